The van der Waals surface area contributed by atoms with Crippen LogP contribution in [0.3, 0.4) is 0 Å². The Labute approximate surface area is 322 Å². The maximum atomic E-state index is 10.0. The number of fused-ring (bicyclic) bond motifs is 12. The van der Waals surface area contributed by atoms with Gasteiger partial charge in [-0.15, -0.1) is 35.4 Å². The van der Waals surface area contributed by atoms with Crippen LogP contribution in [0.5, 0.6) is 0 Å². The van der Waals surface area contributed by atoms with Crippen molar-refractivity contribution in [2.75, 3.05) is 0 Å². The number of allylic oxidation sites excluding steroid dienone is 2. The van der Waals surface area contributed by atoms with E-state index in [-0.39, 0.29) is 31.6 Å². The topological polar surface area (TPSA) is 50.2 Å². The fourth-order valence-corrected chi connectivity index (χ4v) is 8.49. The smallest absolute Gasteiger partial charge is 0.155 e. The van der Waals surface area contributed by atoms with Gasteiger partial charge in [-0.05, 0) is 104 Å². The number of ketones is 1. The predicted octanol–water partition coefficient (Wildman–Crippen LogP) is 11.9. The molecule has 1 aromatic heterocycles. The largest absolute Gasteiger partial charge is 0.512 e. The van der Waals surface area contributed by atoms with Crippen LogP contribution < -0.4 is 0 Å². The van der Waals surface area contributed by atoms with Crippen molar-refractivity contribution in [1.82, 2.24) is 4.98 Å². The molecule has 10 rings (SSSR count). The van der Waals surface area contributed by atoms with E-state index in [1.165, 1.54) is 97.1 Å². The van der Waals surface area contributed by atoms with E-state index in [0.717, 1.165) is 11.3 Å². The first-order chi connectivity index (χ1) is 25.4. The Morgan fingerprint density at radius 3 is 1.70 bits per heavy atom. The van der Waals surface area contributed by atoms with E-state index < -0.39 is 5.41 Å². The molecule has 7 aromatic carbocycles. The average molecular weight is 861 g/mol. The van der Waals surface area contributed by atoms with E-state index in [2.05, 4.69) is 152 Å². The van der Waals surface area contributed by atoms with E-state index >= 15 is 0 Å². The molecule has 2 aliphatic carbocycles. The monoisotopic (exact) mass is 861 g/mol. The zero-order chi connectivity index (χ0) is 35.4. The Hall–Kier alpha value is -5.93. The molecule has 4 heteroatoms. The summed E-state index contributed by atoms with van der Waals surface area (Å²) in [5.41, 5.74) is 14.3. The number of hydrogen-bond donors (Lipinski definition) is 1. The van der Waals surface area contributed by atoms with E-state index in [0.29, 0.717) is 0 Å². The van der Waals surface area contributed by atoms with E-state index in [1.54, 1.807) is 0 Å². The number of nitrogens with zero attached hydrogens (tertiary/aromatic N) is 1. The molecular formula is C49H34IrNO2-. The normalized spacial score (nSPS) is 13.0. The molecule has 0 fully saturated rings. The molecule has 1 heterocycles. The zero-order valence-corrected chi connectivity index (χ0v) is 31.6. The molecule has 1 radical (unpaired) electrons. The molecule has 3 nitrogen and oxygen atoms in total. The molecule has 0 unspecified atom stereocenters. The van der Waals surface area contributed by atoms with E-state index in [9.17, 15) is 4.79 Å². The van der Waals surface area contributed by atoms with Crippen molar-refractivity contribution in [3.8, 4) is 44.6 Å². The summed E-state index contributed by atoms with van der Waals surface area (Å²) in [5, 5.41) is 13.4. The van der Waals surface area contributed by atoms with Crippen molar-refractivity contribution in [2.24, 2.45) is 0 Å². The number of carbonyl (C=O) groups is 1. The standard InChI is InChI=1S/C44H26N.C5H8O2.Ir/c1-3-14-32-28(10-1)12-7-17-34(32)30-21-23-40-37(26-30)38-27-31(35-18-8-13-29-11-2-4-15-33(29)35)22-24-41(38)44(40)39-19-6-5-16-36(39)43-42(44)20-9-25-45-43;1-4(6)3-5(2)7;/h1-15,17-27H;3,6H,1-2H3;/q-1;;/b;4-3-;. The molecular weight excluding hydrogens is 827 g/mol. The van der Waals surface area contributed by atoms with Crippen LogP contribution in [-0.4, -0.2) is 15.9 Å². The van der Waals surface area contributed by atoms with Gasteiger partial charge >= 0.3 is 0 Å². The van der Waals surface area contributed by atoms with Crippen molar-refractivity contribution in [3.63, 3.8) is 0 Å². The summed E-state index contributed by atoms with van der Waals surface area (Å²) in [6.07, 6.45) is 3.08. The van der Waals surface area contributed by atoms with Gasteiger partial charge in [0.2, 0.25) is 0 Å². The van der Waals surface area contributed by atoms with Gasteiger partial charge in [0.1, 0.15) is 0 Å². The Morgan fingerprint density at radius 1 is 0.604 bits per heavy atom. The van der Waals surface area contributed by atoms with Crippen LogP contribution in [0.15, 0.2) is 170 Å². The molecule has 0 atom stereocenters. The van der Waals surface area contributed by atoms with Gasteiger partial charge in [0.15, 0.2) is 5.78 Å². The van der Waals surface area contributed by atoms with Gasteiger partial charge in [-0.3, -0.25) is 4.79 Å². The number of carbonyl (C=O) groups excluding carboxylic acids is 1. The summed E-state index contributed by atoms with van der Waals surface area (Å²) >= 11 is 0. The zero-order valence-electron chi connectivity index (χ0n) is 29.2. The van der Waals surface area contributed by atoms with Crippen molar-refractivity contribution in [1.29, 1.82) is 0 Å². The Balaban J connectivity index is 0.000000459. The number of benzene rings is 7. The molecule has 1 spiro atoms. The van der Waals surface area contributed by atoms with Gasteiger partial charge in [0.05, 0.1) is 5.76 Å². The van der Waals surface area contributed by atoms with Crippen LogP contribution in [0.2, 0.25) is 0 Å². The first kappa shape index (κ1) is 34.2. The minimum atomic E-state index is -0.448. The third kappa shape index (κ3) is 5.46. The van der Waals surface area contributed by atoms with Gasteiger partial charge in [0, 0.05) is 37.8 Å². The quantitative estimate of drug-likeness (QED) is 0.109. The van der Waals surface area contributed by atoms with Gasteiger partial charge in [-0.25, -0.2) is 0 Å². The molecule has 0 aliphatic heterocycles. The van der Waals surface area contributed by atoms with Gasteiger partial charge in [0.25, 0.3) is 0 Å². The maximum Gasteiger partial charge on any atom is 0.155 e. The Bertz CT molecular complexity index is 2570. The van der Waals surface area contributed by atoms with E-state index in [1.807, 2.05) is 12.3 Å². The van der Waals surface area contributed by atoms with Crippen LogP contribution in [0.4, 0.5) is 0 Å². The second kappa shape index (κ2) is 13.6. The SMILES string of the molecule is CC(=O)/C=C(/C)O.[Ir].[c-]1cccc2c1-c1ncccc1C21c2ccc(-c3cccc4ccccc34)cc2-c2cc(-c3cccc4ccccc34)ccc21. The first-order valence-electron chi connectivity index (χ1n) is 17.6. The van der Waals surface area contributed by atoms with Crippen LogP contribution in [0.1, 0.15) is 36.1 Å². The van der Waals surface area contributed by atoms with Crippen molar-refractivity contribution < 1.29 is 30.0 Å². The molecule has 1 N–H and O–H groups in total. The summed E-state index contributed by atoms with van der Waals surface area (Å²) in [6, 6.07) is 59.2. The minimum absolute atomic E-state index is 0. The van der Waals surface area contributed by atoms with Crippen molar-refractivity contribution in [3.05, 3.63) is 198 Å². The molecule has 0 saturated carbocycles. The Kier molecular flexibility index (Phi) is 8.74. The first-order valence-corrected chi connectivity index (χ1v) is 17.6. The number of aliphatic hydroxyl groups excluding tert-OH is 1. The minimum Gasteiger partial charge on any atom is -0.512 e. The average Bonchev–Trinajstić information content (AvgIpc) is 3.64. The van der Waals surface area contributed by atoms with Crippen LogP contribution >= 0.6 is 0 Å². The number of pyridine rings is 1. The maximum absolute atomic E-state index is 10.0. The molecule has 0 amide bonds. The predicted molar refractivity (Wildman–Crippen MR) is 212 cm³/mol. The van der Waals surface area contributed by atoms with Crippen LogP contribution in [0.25, 0.3) is 66.2 Å². The summed E-state index contributed by atoms with van der Waals surface area (Å²) in [7, 11) is 0. The fourth-order valence-electron chi connectivity index (χ4n) is 8.49. The molecule has 0 bridgehead atoms. The molecule has 8 aromatic rings. The van der Waals surface area contributed by atoms with Crippen LogP contribution in [-0.2, 0) is 30.3 Å². The summed E-state index contributed by atoms with van der Waals surface area (Å²) in [4.78, 5) is 15.0. The van der Waals surface area contributed by atoms with Crippen LogP contribution in [0, 0.1) is 6.07 Å². The molecule has 0 saturated heterocycles. The van der Waals surface area contributed by atoms with Gasteiger partial charge < -0.3 is 10.1 Å². The second-order valence-corrected chi connectivity index (χ2v) is 13.6. The van der Waals surface area contributed by atoms with Gasteiger partial charge in [-0.2, -0.15) is 0 Å². The molecule has 257 valence electrons. The van der Waals surface area contributed by atoms with E-state index in [4.69, 9.17) is 10.1 Å². The molecule has 53 heavy (non-hydrogen) atoms. The number of aromatic nitrogens is 1. The van der Waals surface area contributed by atoms with Crippen molar-refractivity contribution in [2.45, 2.75) is 19.3 Å². The molecule has 2 aliphatic rings. The Morgan fingerprint density at radius 2 is 1.15 bits per heavy atom. The third-order valence-corrected chi connectivity index (χ3v) is 10.5. The summed E-state index contributed by atoms with van der Waals surface area (Å²) in [6.45, 7) is 2.85. The summed E-state index contributed by atoms with van der Waals surface area (Å²) in [5.74, 6) is -0.0625. The van der Waals surface area contributed by atoms with Gasteiger partial charge in [-0.1, -0.05) is 121 Å². The fraction of sp³-hybridized carbons (Fsp3) is 0.0612. The third-order valence-electron chi connectivity index (χ3n) is 10.5. The second-order valence-electron chi connectivity index (χ2n) is 13.6. The number of aliphatic hydroxyl groups is 1. The number of hydrogen-bond acceptors (Lipinski definition) is 3. The summed E-state index contributed by atoms with van der Waals surface area (Å²) < 4.78 is 0. The van der Waals surface area contributed by atoms with Crippen molar-refractivity contribution >= 4 is 27.3 Å². The number of rotatable bonds is 3.